The summed E-state index contributed by atoms with van der Waals surface area (Å²) in [4.78, 5) is 12.9. The number of hydrogen-bond donors (Lipinski definition) is 3. The van der Waals surface area contributed by atoms with Crippen molar-refractivity contribution in [3.05, 3.63) is 40.7 Å². The fourth-order valence-corrected chi connectivity index (χ4v) is 4.29. The molecule has 3 aliphatic rings. The van der Waals surface area contributed by atoms with Crippen LogP contribution in [0.2, 0.25) is 5.02 Å². The molecule has 5 rings (SSSR count). The van der Waals surface area contributed by atoms with E-state index in [2.05, 4.69) is 32.4 Å². The normalized spacial score (nSPS) is 23.0. The molecule has 1 fully saturated rings. The molecule has 1 unspecified atom stereocenters. The van der Waals surface area contributed by atoms with Crippen molar-refractivity contribution >= 4 is 40.4 Å². The Morgan fingerprint density at radius 2 is 2.06 bits per heavy atom. The Labute approximate surface area is 192 Å². The minimum atomic E-state index is -0.832. The van der Waals surface area contributed by atoms with Gasteiger partial charge in [0.05, 0.1) is 31.7 Å². The molecule has 2 atom stereocenters. The molecular weight excluding hydrogens is 432 g/mol. The minimum absolute atomic E-state index is 0.231. The molecule has 10 heteroatoms. The summed E-state index contributed by atoms with van der Waals surface area (Å²) >= 11 is 6.41. The summed E-state index contributed by atoms with van der Waals surface area (Å²) in [6.07, 6.45) is 1.65. The Morgan fingerprint density at radius 3 is 2.88 bits per heavy atom. The summed E-state index contributed by atoms with van der Waals surface area (Å²) in [5, 5.41) is 18.1. The maximum Gasteiger partial charge on any atom is 0.227 e. The van der Waals surface area contributed by atoms with Gasteiger partial charge in [-0.3, -0.25) is 0 Å². The molecule has 0 radical (unpaired) electrons. The van der Waals surface area contributed by atoms with Crippen LogP contribution in [-0.2, 0) is 9.47 Å². The molecule has 2 aromatic rings. The lowest BCUT2D eigenvalue weighted by Crippen LogP contribution is -2.40. The van der Waals surface area contributed by atoms with E-state index in [1.807, 2.05) is 30.1 Å². The fraction of sp³-hybridized carbons (Fsp3) is 0.455. The number of morpholine rings is 1. The van der Waals surface area contributed by atoms with E-state index in [9.17, 15) is 5.11 Å². The van der Waals surface area contributed by atoms with Crippen LogP contribution in [0, 0.1) is 0 Å². The summed E-state index contributed by atoms with van der Waals surface area (Å²) in [6.45, 7) is 5.48. The highest BCUT2D eigenvalue weighted by molar-refractivity contribution is 6.32. The first-order chi connectivity index (χ1) is 15.5. The number of aromatic nitrogens is 2. The van der Waals surface area contributed by atoms with E-state index < -0.39 is 6.23 Å². The van der Waals surface area contributed by atoms with E-state index in [1.165, 1.54) is 0 Å². The topological polar surface area (TPSA) is 95.0 Å². The van der Waals surface area contributed by atoms with Gasteiger partial charge in [-0.15, -0.1) is 0 Å². The van der Waals surface area contributed by atoms with Crippen LogP contribution in [0.5, 0.6) is 0 Å². The molecule has 0 amide bonds. The van der Waals surface area contributed by atoms with Crippen molar-refractivity contribution in [3.8, 4) is 0 Å². The molecule has 4 heterocycles. The number of nitrogens with one attached hydrogen (secondary N) is 2. The third-order valence-corrected chi connectivity index (χ3v) is 6.26. The van der Waals surface area contributed by atoms with Crippen molar-refractivity contribution in [2.45, 2.75) is 25.6 Å². The maximum atomic E-state index is 10.8. The van der Waals surface area contributed by atoms with Crippen molar-refractivity contribution in [2.75, 3.05) is 55.1 Å². The summed E-state index contributed by atoms with van der Waals surface area (Å²) in [5.74, 6) is 1.72. The minimum Gasteiger partial charge on any atom is -0.491 e. The summed E-state index contributed by atoms with van der Waals surface area (Å²) in [5.41, 5.74) is 3.51. The molecule has 9 nitrogen and oxygen atoms in total. The molecule has 170 valence electrons. The predicted molar refractivity (Wildman–Crippen MR) is 124 cm³/mol. The molecule has 0 bridgehead atoms. The molecule has 3 aliphatic heterocycles. The Morgan fingerprint density at radius 1 is 1.25 bits per heavy atom. The van der Waals surface area contributed by atoms with Crippen LogP contribution in [0.15, 0.2) is 30.2 Å². The van der Waals surface area contributed by atoms with Crippen LogP contribution in [-0.4, -0.2) is 67.3 Å². The smallest absolute Gasteiger partial charge is 0.227 e. The lowest BCUT2D eigenvalue weighted by Gasteiger charge is -2.35. The standard InChI is InChI=1S/C22H27ClN6O3/c1-13-5-8-32-19-18(25-13)15-11-14(3-4-17(15)28(2)21(19)30)26-20-16(23)12-24-22(27-20)29-6-9-31-10-7-29/h3-4,11-13,21,25,30H,5-10H2,1-2H3,(H,24,26,27)/t13-,21?/m0/s1. The van der Waals surface area contributed by atoms with Crippen molar-refractivity contribution < 1.29 is 14.6 Å². The second kappa shape index (κ2) is 8.65. The van der Waals surface area contributed by atoms with Crippen LogP contribution in [0.25, 0.3) is 5.70 Å². The van der Waals surface area contributed by atoms with E-state index in [4.69, 9.17) is 21.1 Å². The third-order valence-electron chi connectivity index (χ3n) is 5.98. The van der Waals surface area contributed by atoms with Gasteiger partial charge in [-0.25, -0.2) is 4.98 Å². The Bertz CT molecular complexity index is 1040. The number of aliphatic hydroxyl groups is 1. The number of fused-ring (bicyclic) bond motifs is 2. The van der Waals surface area contributed by atoms with Crippen molar-refractivity contribution in [1.29, 1.82) is 0 Å². The van der Waals surface area contributed by atoms with E-state index in [1.54, 1.807) is 6.20 Å². The lowest BCUT2D eigenvalue weighted by molar-refractivity contribution is 0.103. The SMILES string of the molecule is C[C@H]1CCOC2=C(N1)c1cc(Nc3nc(N4CCOCC4)ncc3Cl)ccc1N(C)C2O. The summed E-state index contributed by atoms with van der Waals surface area (Å²) in [7, 11) is 1.86. The van der Waals surface area contributed by atoms with Crippen molar-refractivity contribution in [3.63, 3.8) is 0 Å². The molecule has 0 saturated carbocycles. The van der Waals surface area contributed by atoms with Gasteiger partial charge in [-0.1, -0.05) is 11.6 Å². The molecule has 1 saturated heterocycles. The van der Waals surface area contributed by atoms with Gasteiger partial charge in [-0.05, 0) is 25.1 Å². The van der Waals surface area contributed by atoms with Gasteiger partial charge in [0, 0.05) is 49.5 Å². The van der Waals surface area contributed by atoms with Crippen LogP contribution in [0.3, 0.4) is 0 Å². The summed E-state index contributed by atoms with van der Waals surface area (Å²) < 4.78 is 11.3. The molecule has 1 aromatic carbocycles. The Balaban J connectivity index is 1.48. The first kappa shape index (κ1) is 21.1. The number of ether oxygens (including phenoxy) is 2. The maximum absolute atomic E-state index is 10.8. The number of likely N-dealkylation sites (N-methyl/N-ethyl adjacent to an activating group) is 1. The van der Waals surface area contributed by atoms with Gasteiger partial charge in [0.2, 0.25) is 5.95 Å². The van der Waals surface area contributed by atoms with E-state index in [0.29, 0.717) is 42.4 Å². The molecule has 0 spiro atoms. The second-order valence-corrected chi connectivity index (χ2v) is 8.64. The highest BCUT2D eigenvalue weighted by atomic mass is 35.5. The Kier molecular flexibility index (Phi) is 5.71. The fourth-order valence-electron chi connectivity index (χ4n) is 4.15. The van der Waals surface area contributed by atoms with Crippen LogP contribution in [0.1, 0.15) is 18.9 Å². The largest absolute Gasteiger partial charge is 0.491 e. The van der Waals surface area contributed by atoms with Gasteiger partial charge in [0.15, 0.2) is 17.8 Å². The predicted octanol–water partition coefficient (Wildman–Crippen LogP) is 2.55. The zero-order chi connectivity index (χ0) is 22.2. The quantitative estimate of drug-likeness (QED) is 0.641. The van der Waals surface area contributed by atoms with E-state index in [0.717, 1.165) is 42.1 Å². The van der Waals surface area contributed by atoms with Gasteiger partial charge in [-0.2, -0.15) is 4.98 Å². The van der Waals surface area contributed by atoms with Crippen molar-refractivity contribution in [2.24, 2.45) is 0 Å². The molecule has 1 aromatic heterocycles. The van der Waals surface area contributed by atoms with Gasteiger partial charge < -0.3 is 35.0 Å². The molecular formula is C22H27ClN6O3. The number of rotatable bonds is 3. The van der Waals surface area contributed by atoms with Crippen LogP contribution >= 0.6 is 11.6 Å². The average Bonchev–Trinajstić information content (AvgIpc) is 3.01. The van der Waals surface area contributed by atoms with Crippen molar-refractivity contribution in [1.82, 2.24) is 15.3 Å². The first-order valence-electron chi connectivity index (χ1n) is 10.8. The van der Waals surface area contributed by atoms with Gasteiger partial charge in [0.25, 0.3) is 0 Å². The van der Waals surface area contributed by atoms with Gasteiger partial charge in [0.1, 0.15) is 5.02 Å². The zero-order valence-electron chi connectivity index (χ0n) is 18.1. The Hall–Kier alpha value is -2.75. The molecule has 32 heavy (non-hydrogen) atoms. The van der Waals surface area contributed by atoms with Gasteiger partial charge >= 0.3 is 0 Å². The summed E-state index contributed by atoms with van der Waals surface area (Å²) in [6, 6.07) is 6.17. The average molecular weight is 459 g/mol. The number of benzene rings is 1. The zero-order valence-corrected chi connectivity index (χ0v) is 18.9. The van der Waals surface area contributed by atoms with Crippen LogP contribution in [0.4, 0.5) is 23.1 Å². The first-order valence-corrected chi connectivity index (χ1v) is 11.2. The number of halogens is 1. The highest BCUT2D eigenvalue weighted by Crippen LogP contribution is 2.39. The molecule has 3 N–H and O–H groups in total. The number of nitrogens with zero attached hydrogens (tertiary/aromatic N) is 4. The third kappa shape index (κ3) is 3.92. The molecule has 0 aliphatic carbocycles. The highest BCUT2D eigenvalue weighted by Gasteiger charge is 2.33. The van der Waals surface area contributed by atoms with E-state index in [-0.39, 0.29) is 6.04 Å². The number of aliphatic hydroxyl groups excluding tert-OH is 1. The number of hydrogen-bond acceptors (Lipinski definition) is 9. The van der Waals surface area contributed by atoms with E-state index >= 15 is 0 Å². The second-order valence-electron chi connectivity index (χ2n) is 8.23. The lowest BCUT2D eigenvalue weighted by atomic mass is 10.0. The number of anilines is 4. The monoisotopic (exact) mass is 458 g/mol. The van der Waals surface area contributed by atoms with Crippen LogP contribution < -0.4 is 20.4 Å².